The molecule has 0 radical (unpaired) electrons. The summed E-state index contributed by atoms with van der Waals surface area (Å²) in [7, 11) is 0. The van der Waals surface area contributed by atoms with Crippen molar-refractivity contribution in [2.75, 3.05) is 46.2 Å². The Kier molecular flexibility index (Phi) is 39.2. The Morgan fingerprint density at radius 3 is 0.573 bits per heavy atom. The van der Waals surface area contributed by atoms with Crippen molar-refractivity contribution in [1.82, 2.24) is 0 Å². The lowest BCUT2D eigenvalue weighted by Gasteiger charge is -2.14. The van der Waals surface area contributed by atoms with Crippen LogP contribution < -0.4 is 33.2 Å². The summed E-state index contributed by atoms with van der Waals surface area (Å²) in [5.74, 6) is 49.2. The highest BCUT2D eigenvalue weighted by Crippen LogP contribution is 2.32. The maximum atomic E-state index is 6.62. The van der Waals surface area contributed by atoms with Gasteiger partial charge in [0.05, 0.1) is 79.6 Å². The van der Waals surface area contributed by atoms with E-state index in [4.69, 9.17) is 33.2 Å². The minimum absolute atomic E-state index is 0.551. The molecule has 540 valence electrons. The van der Waals surface area contributed by atoms with Gasteiger partial charge in [0.15, 0.2) is 11.5 Å². The van der Waals surface area contributed by atoms with Crippen LogP contribution in [0.5, 0.6) is 40.2 Å². The second-order valence-corrected chi connectivity index (χ2v) is 26.4. The van der Waals surface area contributed by atoms with Crippen LogP contribution in [0.25, 0.3) is 0 Å². The number of unbranched alkanes of at least 4 members (excludes halogenated alkanes) is 21. The van der Waals surface area contributed by atoms with Crippen molar-refractivity contribution in [2.45, 2.75) is 228 Å². The minimum atomic E-state index is 0.551. The van der Waals surface area contributed by atoms with Crippen molar-refractivity contribution in [2.24, 2.45) is 0 Å². The molecule has 7 rings (SSSR count). The SMILES string of the molecule is CCCCCCOc1ccc(C#Cc2c(C#Cc3ccc(OCCCCCC)cc3)c(C#Cc3ccc(OCCCCCC)cc3)c(C#Cc3ccc(OCCCCCC)c(OCCCCCC)c3)c(C#Cc3ccc(OCCCCCC)cc3)c2C#Cc2ccc(OCCCCCC)cc2)cc1. The second-order valence-electron chi connectivity index (χ2n) is 26.4. The molecule has 0 bridgehead atoms. The molecule has 0 amide bonds. The van der Waals surface area contributed by atoms with Crippen LogP contribution in [0.2, 0.25) is 0 Å². The average Bonchev–Trinajstić information content (AvgIpc) is 0.762. The first-order valence-electron chi connectivity index (χ1n) is 39.2. The molecule has 0 aliphatic heterocycles. The Balaban J connectivity index is 1.55. The second kappa shape index (κ2) is 50.0. The van der Waals surface area contributed by atoms with Gasteiger partial charge in [-0.1, -0.05) is 254 Å². The fourth-order valence-corrected chi connectivity index (χ4v) is 11.3. The van der Waals surface area contributed by atoms with Crippen LogP contribution >= 0.6 is 0 Å². The van der Waals surface area contributed by atoms with Crippen molar-refractivity contribution >= 4 is 0 Å². The zero-order chi connectivity index (χ0) is 72.4. The van der Waals surface area contributed by atoms with Gasteiger partial charge in [0.1, 0.15) is 28.7 Å². The molecule has 0 heterocycles. The van der Waals surface area contributed by atoms with E-state index in [0.29, 0.717) is 91.1 Å². The Morgan fingerprint density at radius 2 is 0.359 bits per heavy atom. The number of rotatable bonds is 42. The summed E-state index contributed by atoms with van der Waals surface area (Å²) >= 11 is 0. The van der Waals surface area contributed by atoms with Gasteiger partial charge in [-0.2, -0.15) is 0 Å². The third-order valence-corrected chi connectivity index (χ3v) is 17.6. The number of benzene rings is 7. The van der Waals surface area contributed by atoms with Gasteiger partial charge in [0.2, 0.25) is 0 Å². The van der Waals surface area contributed by atoms with E-state index in [2.05, 4.69) is 120 Å². The molecule has 7 nitrogen and oxygen atoms in total. The maximum Gasteiger partial charge on any atom is 0.162 e. The lowest BCUT2D eigenvalue weighted by Crippen LogP contribution is -2.05. The third kappa shape index (κ3) is 30.9. The molecule has 0 saturated heterocycles. The van der Waals surface area contributed by atoms with Gasteiger partial charge < -0.3 is 33.2 Å². The molecule has 0 unspecified atom stereocenters. The molecule has 0 N–H and O–H groups in total. The predicted octanol–water partition coefficient (Wildman–Crippen LogP) is 23.8. The molecule has 7 aromatic carbocycles. The normalized spacial score (nSPS) is 10.4. The van der Waals surface area contributed by atoms with Crippen molar-refractivity contribution in [3.8, 4) is 111 Å². The Morgan fingerprint density at radius 1 is 0.175 bits per heavy atom. The summed E-state index contributed by atoms with van der Waals surface area (Å²) in [6, 6.07) is 46.1. The fraction of sp³-hybridized carbons (Fsp3) is 0.438. The maximum absolute atomic E-state index is 6.62. The van der Waals surface area contributed by atoms with Crippen LogP contribution in [0.1, 0.15) is 295 Å². The summed E-state index contributed by atoms with van der Waals surface area (Å²) in [4.78, 5) is 0. The Bertz CT molecular complexity index is 3800. The topological polar surface area (TPSA) is 64.6 Å². The van der Waals surface area contributed by atoms with Gasteiger partial charge in [0, 0.05) is 33.4 Å². The molecule has 7 aromatic rings. The van der Waals surface area contributed by atoms with Crippen molar-refractivity contribution < 1.29 is 33.2 Å². The highest BCUT2D eigenvalue weighted by atomic mass is 16.5. The van der Waals surface area contributed by atoms with E-state index in [1.165, 1.54) is 70.6 Å². The lowest BCUT2D eigenvalue weighted by molar-refractivity contribution is 0.259. The van der Waals surface area contributed by atoms with E-state index in [1.807, 2.05) is 140 Å². The van der Waals surface area contributed by atoms with Crippen LogP contribution in [0.15, 0.2) is 140 Å². The van der Waals surface area contributed by atoms with E-state index in [9.17, 15) is 0 Å². The summed E-state index contributed by atoms with van der Waals surface area (Å²) in [5, 5.41) is 0. The molecule has 0 aliphatic carbocycles. The van der Waals surface area contributed by atoms with Gasteiger partial charge in [-0.15, -0.1) is 0 Å². The van der Waals surface area contributed by atoms with Gasteiger partial charge in [0.25, 0.3) is 0 Å². The molecular weight excluding hydrogens is 1270 g/mol. The zero-order valence-corrected chi connectivity index (χ0v) is 63.4. The molecular formula is C96H114O7. The monoisotopic (exact) mass is 1380 g/mol. The summed E-state index contributed by atoms with van der Waals surface area (Å²) in [5.41, 5.74) is 7.99. The number of hydrogen-bond donors (Lipinski definition) is 0. The molecule has 0 spiro atoms. The highest BCUT2D eigenvalue weighted by Gasteiger charge is 2.21. The largest absolute Gasteiger partial charge is 0.494 e. The van der Waals surface area contributed by atoms with Crippen LogP contribution in [-0.4, -0.2) is 46.2 Å². The van der Waals surface area contributed by atoms with Crippen molar-refractivity contribution in [3.63, 3.8) is 0 Å². The predicted molar refractivity (Wildman–Crippen MR) is 428 cm³/mol. The first-order valence-corrected chi connectivity index (χ1v) is 39.2. The van der Waals surface area contributed by atoms with Gasteiger partial charge in [-0.05, 0) is 184 Å². The quantitative estimate of drug-likeness (QED) is 0.0279. The summed E-state index contributed by atoms with van der Waals surface area (Å²) in [6.45, 7) is 20.0. The van der Waals surface area contributed by atoms with E-state index < -0.39 is 0 Å². The standard InChI is InChI=1S/C96H114O7/c1-8-15-22-29-70-97-84-53-36-78(37-54-84)46-63-89-90(64-47-79-38-55-85(56-39-79)98-71-30-23-16-9-2)92(66-49-81-42-59-87(60-43-81)100-73-32-25-18-11-4)94(68-51-83-52-69-95(102-75-34-27-20-13-6)96(77-83)103-76-35-28-21-14-7)93(67-50-82-44-61-88(62-45-82)101-74-33-26-19-12-5)91(89)65-48-80-40-57-86(58-41-80)99-72-31-24-17-10-3/h36-45,52-62,69,77H,8-35,70-76H2,1-7H3. The van der Waals surface area contributed by atoms with Gasteiger partial charge in [-0.25, -0.2) is 0 Å². The van der Waals surface area contributed by atoms with Crippen molar-refractivity contribution in [3.05, 3.63) is 206 Å². The lowest BCUT2D eigenvalue weighted by atomic mass is 9.86. The van der Waals surface area contributed by atoms with Gasteiger partial charge >= 0.3 is 0 Å². The molecule has 0 aromatic heterocycles. The molecule has 103 heavy (non-hydrogen) atoms. The summed E-state index contributed by atoms with van der Waals surface area (Å²) in [6.07, 6.45) is 31.1. The van der Waals surface area contributed by atoms with E-state index >= 15 is 0 Å². The highest BCUT2D eigenvalue weighted by molar-refractivity contribution is 5.79. The molecule has 7 heteroatoms. The molecule has 0 aliphatic rings. The Hall–Kier alpha value is -9.50. The van der Waals surface area contributed by atoms with E-state index in [0.717, 1.165) is 171 Å². The van der Waals surface area contributed by atoms with Crippen LogP contribution in [0, 0.1) is 71.0 Å². The van der Waals surface area contributed by atoms with E-state index in [1.54, 1.807) is 0 Å². The third-order valence-electron chi connectivity index (χ3n) is 17.6. The smallest absolute Gasteiger partial charge is 0.162 e. The number of hydrogen-bond acceptors (Lipinski definition) is 7. The first kappa shape index (κ1) is 80.8. The first-order chi connectivity index (χ1) is 50.8. The molecule has 0 fully saturated rings. The summed E-state index contributed by atoms with van der Waals surface area (Å²) < 4.78 is 44.3. The van der Waals surface area contributed by atoms with Crippen molar-refractivity contribution in [1.29, 1.82) is 0 Å². The van der Waals surface area contributed by atoms with Crippen LogP contribution in [0.4, 0.5) is 0 Å². The van der Waals surface area contributed by atoms with Gasteiger partial charge in [-0.3, -0.25) is 0 Å². The van der Waals surface area contributed by atoms with Crippen LogP contribution in [0.3, 0.4) is 0 Å². The minimum Gasteiger partial charge on any atom is -0.494 e. The Labute approximate surface area is 621 Å². The zero-order valence-electron chi connectivity index (χ0n) is 63.4. The number of ether oxygens (including phenoxy) is 7. The van der Waals surface area contributed by atoms with Crippen LogP contribution in [-0.2, 0) is 0 Å². The van der Waals surface area contributed by atoms with E-state index in [-0.39, 0.29) is 0 Å². The molecule has 0 saturated carbocycles. The molecule has 0 atom stereocenters. The average molecular weight is 1380 g/mol. The fourth-order valence-electron chi connectivity index (χ4n) is 11.3.